The number of hydrogen-bond donors (Lipinski definition) is 0. The van der Waals surface area contributed by atoms with E-state index in [1.807, 2.05) is 53.8 Å². The topological polar surface area (TPSA) is 0 Å². The highest BCUT2D eigenvalue weighted by Gasteiger charge is 2.20. The summed E-state index contributed by atoms with van der Waals surface area (Å²) in [6, 6.07) is 54.0. The van der Waals surface area contributed by atoms with Gasteiger partial charge in [-0.2, -0.15) is 0 Å². The maximum Gasteiger partial charge on any atom is 0.0629 e. The van der Waals surface area contributed by atoms with Crippen molar-refractivity contribution in [2.45, 2.75) is 5.92 Å². The third kappa shape index (κ3) is 5.80. The van der Waals surface area contributed by atoms with Crippen molar-refractivity contribution in [1.29, 1.82) is 0 Å². The fourth-order valence-electron chi connectivity index (χ4n) is 6.65. The molecule has 49 heavy (non-hydrogen) atoms. The zero-order valence-electron chi connectivity index (χ0n) is 31.4. The van der Waals surface area contributed by atoms with Crippen LogP contribution in [-0.4, -0.2) is 0 Å². The van der Waals surface area contributed by atoms with E-state index >= 15 is 0 Å². The van der Waals surface area contributed by atoms with Gasteiger partial charge in [-0.05, 0) is 80.4 Å². The minimum atomic E-state index is -0.388. The van der Waals surface area contributed by atoms with Crippen LogP contribution in [0.3, 0.4) is 0 Å². The molecule has 1 atom stereocenters. The van der Waals surface area contributed by atoms with E-state index in [9.17, 15) is 0 Å². The van der Waals surface area contributed by atoms with Crippen LogP contribution in [-0.2, 0) is 0 Å². The van der Waals surface area contributed by atoms with Crippen molar-refractivity contribution in [2.75, 3.05) is 0 Å². The Labute approximate surface area is 302 Å². The lowest BCUT2D eigenvalue weighted by Crippen LogP contribution is -2.01. The number of rotatable bonds is 7. The first kappa shape index (κ1) is 24.6. The van der Waals surface area contributed by atoms with Gasteiger partial charge < -0.3 is 0 Å². The molecule has 9 rings (SSSR count). The molecule has 0 nitrogen and oxygen atoms in total. The summed E-state index contributed by atoms with van der Waals surface area (Å²) < 4.78 is 44.0. The Bertz CT molecular complexity index is 2770. The molecule has 0 N–H and O–H groups in total. The average molecular weight is 666 g/mol. The lowest BCUT2D eigenvalue weighted by molar-refractivity contribution is 1.01. The Morgan fingerprint density at radius 2 is 0.939 bits per heavy atom. The van der Waals surface area contributed by atoms with Crippen LogP contribution >= 0.6 is 22.7 Å². The number of fused-ring (bicyclic) bond motifs is 3. The molecule has 2 aromatic heterocycles. The SMILES string of the molecule is [2H]c1c([2H])c([2H])c(-c2ccc(C(c3ccc(-c4ccccc4)cc3)c3ccc(-c4ccc(-c5ccc6sc7ccccc7c6c5)cc4)s3)cc2)c([2H])c1[2H]. The lowest BCUT2D eigenvalue weighted by Gasteiger charge is -2.18. The Kier molecular flexibility index (Phi) is 6.43. The Morgan fingerprint density at radius 3 is 1.67 bits per heavy atom. The monoisotopic (exact) mass is 665 g/mol. The van der Waals surface area contributed by atoms with Gasteiger partial charge in [-0.25, -0.2) is 0 Å². The Morgan fingerprint density at radius 1 is 0.388 bits per heavy atom. The van der Waals surface area contributed by atoms with Gasteiger partial charge in [0.1, 0.15) is 0 Å². The number of benzene rings is 7. The highest BCUT2D eigenvalue weighted by Crippen LogP contribution is 2.41. The first-order valence-corrected chi connectivity index (χ1v) is 17.9. The van der Waals surface area contributed by atoms with E-state index in [4.69, 9.17) is 6.85 Å². The van der Waals surface area contributed by atoms with E-state index in [1.165, 1.54) is 41.1 Å². The molecule has 9 aromatic rings. The van der Waals surface area contributed by atoms with Gasteiger partial charge in [-0.15, -0.1) is 22.7 Å². The maximum absolute atomic E-state index is 8.50. The van der Waals surface area contributed by atoms with E-state index in [0.717, 1.165) is 27.8 Å². The van der Waals surface area contributed by atoms with Gasteiger partial charge >= 0.3 is 0 Å². The van der Waals surface area contributed by atoms with Crippen LogP contribution in [0, 0.1) is 0 Å². The van der Waals surface area contributed by atoms with Gasteiger partial charge in [0, 0.05) is 35.8 Å². The van der Waals surface area contributed by atoms with Gasteiger partial charge in [-0.1, -0.05) is 158 Å². The van der Waals surface area contributed by atoms with Crippen molar-refractivity contribution in [3.63, 3.8) is 0 Å². The lowest BCUT2D eigenvalue weighted by atomic mass is 9.88. The minimum absolute atomic E-state index is 0.0749. The summed E-state index contributed by atoms with van der Waals surface area (Å²) in [6.07, 6.45) is 0. The predicted octanol–water partition coefficient (Wildman–Crippen LogP) is 14.0. The zero-order chi connectivity index (χ0) is 36.9. The molecule has 0 saturated carbocycles. The summed E-state index contributed by atoms with van der Waals surface area (Å²) >= 11 is 3.61. The second-order valence-corrected chi connectivity index (χ2v) is 14.3. The largest absolute Gasteiger partial charge is 0.139 e. The van der Waals surface area contributed by atoms with Gasteiger partial charge in [0.15, 0.2) is 0 Å². The fourth-order valence-corrected chi connectivity index (χ4v) is 8.91. The number of thiophene rings is 2. The molecule has 2 heterocycles. The maximum atomic E-state index is 8.50. The molecule has 0 radical (unpaired) electrons. The minimum Gasteiger partial charge on any atom is -0.139 e. The van der Waals surface area contributed by atoms with Crippen molar-refractivity contribution in [3.8, 4) is 43.8 Å². The van der Waals surface area contributed by atoms with E-state index < -0.39 is 0 Å². The summed E-state index contributed by atoms with van der Waals surface area (Å²) in [6.45, 7) is 0. The van der Waals surface area contributed by atoms with Gasteiger partial charge in [-0.3, -0.25) is 0 Å². The third-order valence-corrected chi connectivity index (χ3v) is 11.5. The molecule has 0 aliphatic heterocycles. The molecular formula is C47H32S2. The van der Waals surface area contributed by atoms with Crippen LogP contribution in [0.25, 0.3) is 64.0 Å². The highest BCUT2D eigenvalue weighted by atomic mass is 32.1. The third-order valence-electron chi connectivity index (χ3n) is 9.17. The molecule has 0 fully saturated rings. The summed E-state index contributed by atoms with van der Waals surface area (Å²) in [5.41, 5.74) is 8.85. The quantitative estimate of drug-likeness (QED) is 0.159. The van der Waals surface area contributed by atoms with E-state index in [2.05, 4.69) is 115 Å². The molecule has 0 bridgehead atoms. The molecule has 0 spiro atoms. The highest BCUT2D eigenvalue weighted by molar-refractivity contribution is 7.25. The van der Waals surface area contributed by atoms with Crippen LogP contribution in [0.5, 0.6) is 0 Å². The summed E-state index contributed by atoms with van der Waals surface area (Å²) in [5, 5.41) is 2.60. The fraction of sp³-hybridized carbons (Fsp3) is 0.0213. The van der Waals surface area contributed by atoms with Crippen molar-refractivity contribution in [2.24, 2.45) is 0 Å². The van der Waals surface area contributed by atoms with Gasteiger partial charge in [0.05, 0.1) is 6.85 Å². The van der Waals surface area contributed by atoms with Crippen molar-refractivity contribution >= 4 is 42.8 Å². The van der Waals surface area contributed by atoms with Crippen molar-refractivity contribution < 1.29 is 6.85 Å². The standard InChI is InChI=1S/C47H32S2/c1-3-9-32(10-4-1)34-17-23-38(24-18-34)47(39-25-19-35(20-26-39)33-11-5-2-6-12-33)46-30-29-43(48-46)37-21-15-36(16-22-37)40-27-28-45-42(31-40)41-13-7-8-14-44(41)49-45/h1-31,47H/i1D,3D,4D,9D,10D. The van der Waals surface area contributed by atoms with E-state index in [0.29, 0.717) is 5.56 Å². The normalized spacial score (nSPS) is 13.4. The molecule has 0 aliphatic carbocycles. The predicted molar refractivity (Wildman–Crippen MR) is 213 cm³/mol. The molecule has 232 valence electrons. The molecule has 0 amide bonds. The second kappa shape index (κ2) is 12.8. The number of hydrogen-bond acceptors (Lipinski definition) is 2. The van der Waals surface area contributed by atoms with Crippen LogP contribution in [0.2, 0.25) is 0 Å². The van der Waals surface area contributed by atoms with Gasteiger partial charge in [0.2, 0.25) is 0 Å². The molecule has 1 unspecified atom stereocenters. The average Bonchev–Trinajstić information content (AvgIpc) is 3.86. The molecule has 2 heteroatoms. The van der Waals surface area contributed by atoms with Gasteiger partial charge in [0.25, 0.3) is 0 Å². The summed E-state index contributed by atoms with van der Waals surface area (Å²) in [5.74, 6) is -0.0749. The Hall–Kier alpha value is -5.54. The Balaban J connectivity index is 1.06. The van der Waals surface area contributed by atoms with Crippen molar-refractivity contribution in [3.05, 3.63) is 204 Å². The summed E-state index contributed by atoms with van der Waals surface area (Å²) in [4.78, 5) is 2.37. The first-order chi connectivity index (χ1) is 26.3. The zero-order valence-corrected chi connectivity index (χ0v) is 28.0. The first-order valence-electron chi connectivity index (χ1n) is 18.8. The van der Waals surface area contributed by atoms with E-state index in [1.54, 1.807) is 11.3 Å². The van der Waals surface area contributed by atoms with Crippen LogP contribution < -0.4 is 0 Å². The second-order valence-electron chi connectivity index (χ2n) is 12.1. The molecule has 7 aromatic carbocycles. The van der Waals surface area contributed by atoms with Crippen molar-refractivity contribution in [1.82, 2.24) is 0 Å². The van der Waals surface area contributed by atoms with Crippen LogP contribution in [0.1, 0.15) is 28.8 Å². The molecule has 0 saturated heterocycles. The van der Waals surface area contributed by atoms with Crippen LogP contribution in [0.15, 0.2) is 188 Å². The van der Waals surface area contributed by atoms with E-state index in [-0.39, 0.29) is 41.7 Å². The smallest absolute Gasteiger partial charge is 0.0629 e. The summed E-state index contributed by atoms with van der Waals surface area (Å²) in [7, 11) is 0. The molecular weight excluding hydrogens is 629 g/mol. The van der Waals surface area contributed by atoms with Crippen LogP contribution in [0.4, 0.5) is 0 Å². The molecule has 0 aliphatic rings.